The fourth-order valence-corrected chi connectivity index (χ4v) is 6.95. The van der Waals surface area contributed by atoms with Gasteiger partial charge in [0.25, 0.3) is 0 Å². The van der Waals surface area contributed by atoms with E-state index in [1.807, 2.05) is 0 Å². The maximum Gasteiger partial charge on any atom is 0.233 e. The molecule has 2 bridgehead atoms. The Morgan fingerprint density at radius 3 is 2.38 bits per heavy atom. The molecule has 2 amide bonds. The zero-order chi connectivity index (χ0) is 21.8. The number of amides is 2. The molecule has 7 heteroatoms. The van der Waals surface area contributed by atoms with Gasteiger partial charge in [-0.3, -0.25) is 14.5 Å². The van der Waals surface area contributed by atoms with Crippen molar-refractivity contribution in [3.05, 3.63) is 29.7 Å². The molecule has 4 unspecified atom stereocenters. The summed E-state index contributed by atoms with van der Waals surface area (Å²) in [7, 11) is 0. The van der Waals surface area contributed by atoms with E-state index < -0.39 is 0 Å². The van der Waals surface area contributed by atoms with Gasteiger partial charge in [-0.2, -0.15) is 0 Å². The topological polar surface area (TPSA) is 66.7 Å². The van der Waals surface area contributed by atoms with Crippen LogP contribution in [0.1, 0.15) is 56.6 Å². The van der Waals surface area contributed by atoms with E-state index in [4.69, 9.17) is 4.52 Å². The van der Waals surface area contributed by atoms with Crippen molar-refractivity contribution in [3.8, 4) is 0 Å². The average molecular weight is 440 g/mol. The Morgan fingerprint density at radius 1 is 0.969 bits per heavy atom. The third kappa shape index (κ3) is 3.28. The molecule has 4 aliphatic rings. The molecule has 170 valence electrons. The van der Waals surface area contributed by atoms with Crippen LogP contribution in [0.15, 0.2) is 22.7 Å². The van der Waals surface area contributed by atoms with Crippen molar-refractivity contribution in [1.82, 2.24) is 15.0 Å². The van der Waals surface area contributed by atoms with E-state index in [1.165, 1.54) is 12.1 Å². The number of carbonyl (C=O) groups excluding carboxylic acids is 2. The molecular weight excluding hydrogens is 409 g/mol. The number of likely N-dealkylation sites (tertiary alicyclic amines) is 2. The monoisotopic (exact) mass is 439 g/mol. The van der Waals surface area contributed by atoms with Gasteiger partial charge in [0.2, 0.25) is 11.8 Å². The number of unbranched alkanes of at least 4 members (excludes halogenated alkanes) is 1. The van der Waals surface area contributed by atoms with Crippen molar-refractivity contribution in [3.63, 3.8) is 0 Å². The summed E-state index contributed by atoms with van der Waals surface area (Å²) in [5.74, 6) is 1.21. The summed E-state index contributed by atoms with van der Waals surface area (Å²) in [5, 5.41) is 5.15. The lowest BCUT2D eigenvalue weighted by Gasteiger charge is -2.31. The average Bonchev–Trinajstić information content (AvgIpc) is 3.56. The molecule has 0 N–H and O–H groups in total. The second-order valence-corrected chi connectivity index (χ2v) is 10.2. The lowest BCUT2D eigenvalue weighted by molar-refractivity contribution is -0.140. The first-order valence-corrected chi connectivity index (χ1v) is 12.2. The van der Waals surface area contributed by atoms with Gasteiger partial charge in [-0.25, -0.2) is 4.39 Å². The van der Waals surface area contributed by atoms with Gasteiger partial charge in [0, 0.05) is 23.9 Å². The summed E-state index contributed by atoms with van der Waals surface area (Å²) in [5.41, 5.74) is 1.47. The van der Waals surface area contributed by atoms with Crippen molar-refractivity contribution in [2.75, 3.05) is 26.2 Å². The van der Waals surface area contributed by atoms with Crippen LogP contribution in [0.5, 0.6) is 0 Å². The number of hydrogen-bond acceptors (Lipinski definition) is 5. The molecular formula is C25H30FN3O3. The van der Waals surface area contributed by atoms with E-state index in [0.29, 0.717) is 29.9 Å². The number of hydrogen-bond donors (Lipinski definition) is 0. The highest BCUT2D eigenvalue weighted by molar-refractivity contribution is 6.06. The lowest BCUT2D eigenvalue weighted by Crippen LogP contribution is -2.36. The summed E-state index contributed by atoms with van der Waals surface area (Å²) in [6.45, 7) is 3.57. The summed E-state index contributed by atoms with van der Waals surface area (Å²) >= 11 is 0. The van der Waals surface area contributed by atoms with E-state index in [-0.39, 0.29) is 29.5 Å². The third-order valence-electron chi connectivity index (χ3n) is 8.56. The van der Waals surface area contributed by atoms with Crippen LogP contribution in [-0.2, 0) is 9.59 Å². The van der Waals surface area contributed by atoms with Crippen molar-refractivity contribution in [2.24, 2.45) is 23.7 Å². The number of nitrogens with zero attached hydrogens (tertiary/aromatic N) is 3. The van der Waals surface area contributed by atoms with Crippen molar-refractivity contribution < 1.29 is 18.5 Å². The maximum absolute atomic E-state index is 13.4. The molecule has 2 aliphatic heterocycles. The Hall–Kier alpha value is -2.28. The van der Waals surface area contributed by atoms with Crippen LogP contribution in [0, 0.1) is 29.5 Å². The third-order valence-corrected chi connectivity index (χ3v) is 8.56. The van der Waals surface area contributed by atoms with Gasteiger partial charge in [-0.15, -0.1) is 0 Å². The molecule has 0 radical (unpaired) electrons. The van der Waals surface area contributed by atoms with Gasteiger partial charge in [0.15, 0.2) is 5.58 Å². The predicted molar refractivity (Wildman–Crippen MR) is 116 cm³/mol. The lowest BCUT2D eigenvalue weighted by atomic mass is 9.81. The smallest absolute Gasteiger partial charge is 0.233 e. The summed E-state index contributed by atoms with van der Waals surface area (Å²) < 4.78 is 18.7. The van der Waals surface area contributed by atoms with Gasteiger partial charge >= 0.3 is 0 Å². The molecule has 32 heavy (non-hydrogen) atoms. The number of fused-ring (bicyclic) bond motifs is 6. The quantitative estimate of drug-likeness (QED) is 0.504. The highest BCUT2D eigenvalue weighted by Crippen LogP contribution is 2.56. The van der Waals surface area contributed by atoms with Gasteiger partial charge in [-0.1, -0.05) is 5.16 Å². The molecule has 2 saturated heterocycles. The molecule has 2 aliphatic carbocycles. The molecule has 2 saturated carbocycles. The maximum atomic E-state index is 13.4. The van der Waals surface area contributed by atoms with Crippen molar-refractivity contribution in [1.29, 1.82) is 0 Å². The Kier molecular flexibility index (Phi) is 5.05. The van der Waals surface area contributed by atoms with Crippen LogP contribution in [0.25, 0.3) is 11.0 Å². The van der Waals surface area contributed by atoms with E-state index in [2.05, 4.69) is 10.1 Å². The highest BCUT2D eigenvalue weighted by Gasteiger charge is 2.60. The van der Waals surface area contributed by atoms with E-state index in [1.54, 1.807) is 11.0 Å². The Balaban J connectivity index is 0.969. The van der Waals surface area contributed by atoms with Crippen LogP contribution in [-0.4, -0.2) is 52.9 Å². The van der Waals surface area contributed by atoms with E-state index in [0.717, 1.165) is 75.7 Å². The normalized spacial score (nSPS) is 30.7. The first kappa shape index (κ1) is 20.3. The van der Waals surface area contributed by atoms with Crippen LogP contribution >= 0.6 is 0 Å². The molecule has 1 aromatic heterocycles. The number of imide groups is 1. The summed E-state index contributed by atoms with van der Waals surface area (Å²) in [6, 6.07) is 4.63. The van der Waals surface area contributed by atoms with E-state index >= 15 is 0 Å². The number of halogens is 1. The van der Waals surface area contributed by atoms with Crippen LogP contribution in [0.3, 0.4) is 0 Å². The fraction of sp³-hybridized carbons (Fsp3) is 0.640. The van der Waals surface area contributed by atoms with Gasteiger partial charge in [-0.05, 0) is 88.5 Å². The molecule has 1 aromatic carbocycles. The summed E-state index contributed by atoms with van der Waals surface area (Å²) in [6.07, 6.45) is 7.26. The molecule has 3 heterocycles. The first-order chi connectivity index (χ1) is 15.6. The number of rotatable bonds is 6. The molecule has 0 spiro atoms. The first-order valence-electron chi connectivity index (χ1n) is 12.2. The molecule has 2 aromatic rings. The Bertz CT molecular complexity index is 1020. The SMILES string of the molecule is O=C1C2C3CCC(C3)C2C(=O)N1CCCCN1CCC(c2noc3cc(F)ccc23)CC1. The van der Waals surface area contributed by atoms with Crippen LogP contribution in [0.4, 0.5) is 4.39 Å². The second kappa shape index (κ2) is 7.94. The second-order valence-electron chi connectivity index (χ2n) is 10.2. The van der Waals surface area contributed by atoms with Gasteiger partial charge < -0.3 is 9.42 Å². The number of carbonyl (C=O) groups is 2. The molecule has 4 atom stereocenters. The number of aromatic nitrogens is 1. The highest BCUT2D eigenvalue weighted by atomic mass is 19.1. The van der Waals surface area contributed by atoms with Gasteiger partial charge in [0.1, 0.15) is 5.82 Å². The number of benzene rings is 1. The van der Waals surface area contributed by atoms with Crippen molar-refractivity contribution in [2.45, 2.75) is 50.9 Å². The van der Waals surface area contributed by atoms with Gasteiger partial charge in [0.05, 0.1) is 17.5 Å². The fourth-order valence-electron chi connectivity index (χ4n) is 6.95. The zero-order valence-corrected chi connectivity index (χ0v) is 18.3. The molecule has 6 nitrogen and oxygen atoms in total. The Labute approximate surface area is 187 Å². The minimum absolute atomic E-state index is 0.00406. The van der Waals surface area contributed by atoms with Crippen LogP contribution < -0.4 is 0 Å². The molecule has 4 fully saturated rings. The Morgan fingerprint density at radius 2 is 1.66 bits per heavy atom. The minimum Gasteiger partial charge on any atom is -0.356 e. The predicted octanol–water partition coefficient (Wildman–Crippen LogP) is 3.96. The van der Waals surface area contributed by atoms with Crippen molar-refractivity contribution >= 4 is 22.8 Å². The van der Waals surface area contributed by atoms with Crippen LogP contribution in [0.2, 0.25) is 0 Å². The molecule has 6 rings (SSSR count). The minimum atomic E-state index is -0.303. The number of piperidine rings is 1. The van der Waals surface area contributed by atoms with E-state index in [9.17, 15) is 14.0 Å². The standard InChI is InChI=1S/C25H30FN3O3/c26-18-5-6-19-20(14-18)32-27-23(19)15-7-11-28(12-8-15)9-1-2-10-29-24(30)21-16-3-4-17(13-16)22(21)25(29)31/h5-6,14-17,21-22H,1-4,7-13H2. The summed E-state index contributed by atoms with van der Waals surface area (Å²) in [4.78, 5) is 29.7. The largest absolute Gasteiger partial charge is 0.356 e. The zero-order valence-electron chi connectivity index (χ0n) is 18.3.